The van der Waals surface area contributed by atoms with Crippen LogP contribution in [0.2, 0.25) is 0 Å². The van der Waals surface area contributed by atoms with E-state index >= 15 is 0 Å². The summed E-state index contributed by atoms with van der Waals surface area (Å²) in [5.41, 5.74) is 2.08. The number of rotatable bonds is 5. The van der Waals surface area contributed by atoms with Gasteiger partial charge in [-0.15, -0.1) is 11.3 Å². The van der Waals surface area contributed by atoms with E-state index in [1.54, 1.807) is 0 Å². The molecule has 1 aliphatic rings. The van der Waals surface area contributed by atoms with Crippen molar-refractivity contribution in [3.63, 3.8) is 0 Å². The van der Waals surface area contributed by atoms with Crippen LogP contribution in [0.5, 0.6) is 0 Å². The number of esters is 1. The number of aryl methyl sites for hydroxylation is 1. The van der Waals surface area contributed by atoms with Gasteiger partial charge in [0.05, 0.1) is 17.6 Å². The first-order valence-electron chi connectivity index (χ1n) is 9.16. The largest absolute Gasteiger partial charge is 0.465 e. The highest BCUT2D eigenvalue weighted by Gasteiger charge is 2.26. The SMILES string of the molecule is COC(=O)c1c(NC(=S)NC(=O)/C=C/c2ccc([N+](=O)[O-])cc2)sc2c1CCCC2. The zero-order valence-corrected chi connectivity index (χ0v) is 17.7. The van der Waals surface area contributed by atoms with Crippen molar-refractivity contribution in [2.75, 3.05) is 12.4 Å². The molecule has 1 amide bonds. The Balaban J connectivity index is 1.65. The number of benzene rings is 1. The molecule has 3 rings (SSSR count). The van der Waals surface area contributed by atoms with E-state index < -0.39 is 16.8 Å². The summed E-state index contributed by atoms with van der Waals surface area (Å²) < 4.78 is 4.92. The van der Waals surface area contributed by atoms with E-state index in [1.165, 1.54) is 54.9 Å². The number of thiophene rings is 1. The van der Waals surface area contributed by atoms with E-state index in [-0.39, 0.29) is 10.8 Å². The van der Waals surface area contributed by atoms with Gasteiger partial charge in [0.2, 0.25) is 5.91 Å². The summed E-state index contributed by atoms with van der Waals surface area (Å²) in [6, 6.07) is 5.79. The third-order valence-electron chi connectivity index (χ3n) is 4.56. The van der Waals surface area contributed by atoms with Crippen molar-refractivity contribution in [2.45, 2.75) is 25.7 Å². The predicted molar refractivity (Wildman–Crippen MR) is 119 cm³/mol. The predicted octanol–water partition coefficient (Wildman–Crippen LogP) is 3.85. The van der Waals surface area contributed by atoms with Crippen LogP contribution < -0.4 is 10.6 Å². The highest BCUT2D eigenvalue weighted by molar-refractivity contribution is 7.80. The number of methoxy groups -OCH3 is 1. The van der Waals surface area contributed by atoms with Crippen LogP contribution >= 0.6 is 23.6 Å². The number of nitrogens with one attached hydrogen (secondary N) is 2. The molecule has 2 aromatic rings. The molecular formula is C20H19N3O5S2. The number of amides is 1. The van der Waals surface area contributed by atoms with Crippen LogP contribution in [0, 0.1) is 10.1 Å². The lowest BCUT2D eigenvalue weighted by Gasteiger charge is -2.12. The lowest BCUT2D eigenvalue weighted by Crippen LogP contribution is -2.33. The highest BCUT2D eigenvalue weighted by Crippen LogP contribution is 2.38. The van der Waals surface area contributed by atoms with Crippen LogP contribution in [0.25, 0.3) is 6.08 Å². The second-order valence-corrected chi connectivity index (χ2v) is 8.05. The number of fused-ring (bicyclic) bond motifs is 1. The molecular weight excluding hydrogens is 426 g/mol. The fraction of sp³-hybridized carbons (Fsp3) is 0.250. The van der Waals surface area contributed by atoms with Crippen molar-refractivity contribution >= 4 is 57.3 Å². The van der Waals surface area contributed by atoms with Crippen LogP contribution in [0.4, 0.5) is 10.7 Å². The summed E-state index contributed by atoms with van der Waals surface area (Å²) in [4.78, 5) is 35.7. The van der Waals surface area contributed by atoms with Crippen molar-refractivity contribution in [1.82, 2.24) is 5.32 Å². The third-order valence-corrected chi connectivity index (χ3v) is 5.97. The molecule has 1 aromatic heterocycles. The van der Waals surface area contributed by atoms with Gasteiger partial charge in [0.25, 0.3) is 5.69 Å². The van der Waals surface area contributed by atoms with Crippen LogP contribution in [0.3, 0.4) is 0 Å². The summed E-state index contributed by atoms with van der Waals surface area (Å²) in [5.74, 6) is -0.893. The van der Waals surface area contributed by atoms with Crippen molar-refractivity contribution in [3.8, 4) is 0 Å². The fourth-order valence-corrected chi connectivity index (χ4v) is 4.69. The first kappa shape index (κ1) is 21.6. The molecule has 0 spiro atoms. The number of nitro groups is 1. The first-order chi connectivity index (χ1) is 14.4. The molecule has 0 aliphatic heterocycles. The van der Waals surface area contributed by atoms with E-state index in [1.807, 2.05) is 0 Å². The van der Waals surface area contributed by atoms with Crippen molar-refractivity contribution < 1.29 is 19.2 Å². The molecule has 156 valence electrons. The Labute approximate surface area is 182 Å². The molecule has 0 fully saturated rings. The van der Waals surface area contributed by atoms with E-state index in [4.69, 9.17) is 17.0 Å². The van der Waals surface area contributed by atoms with E-state index in [0.29, 0.717) is 16.1 Å². The molecule has 0 atom stereocenters. The van der Waals surface area contributed by atoms with Crippen LogP contribution in [-0.2, 0) is 22.4 Å². The lowest BCUT2D eigenvalue weighted by molar-refractivity contribution is -0.384. The van der Waals surface area contributed by atoms with Gasteiger partial charge in [-0.05, 0) is 67.2 Å². The van der Waals surface area contributed by atoms with Gasteiger partial charge >= 0.3 is 5.97 Å². The van der Waals surface area contributed by atoms with E-state index in [9.17, 15) is 19.7 Å². The normalized spacial score (nSPS) is 12.8. The summed E-state index contributed by atoms with van der Waals surface area (Å²) in [5, 5.41) is 16.8. The Kier molecular flexibility index (Phi) is 6.91. The monoisotopic (exact) mass is 445 g/mol. The number of non-ortho nitro benzene ring substituents is 1. The molecule has 1 heterocycles. The summed E-state index contributed by atoms with van der Waals surface area (Å²) in [6.45, 7) is 0. The average molecular weight is 446 g/mol. The number of thiocarbonyl (C=S) groups is 1. The second-order valence-electron chi connectivity index (χ2n) is 6.53. The number of carbonyl (C=O) groups is 2. The van der Waals surface area contributed by atoms with Crippen LogP contribution in [0.1, 0.15) is 39.2 Å². The molecule has 0 saturated heterocycles. The zero-order valence-electron chi connectivity index (χ0n) is 16.1. The van der Waals surface area contributed by atoms with Crippen molar-refractivity contribution in [3.05, 3.63) is 62.0 Å². The molecule has 8 nitrogen and oxygen atoms in total. The van der Waals surface area contributed by atoms with E-state index in [2.05, 4.69) is 10.6 Å². The van der Waals surface area contributed by atoms with Crippen LogP contribution in [-0.4, -0.2) is 29.0 Å². The van der Waals surface area contributed by atoms with Gasteiger partial charge in [-0.25, -0.2) is 4.79 Å². The molecule has 10 heteroatoms. The molecule has 0 saturated carbocycles. The molecule has 1 aromatic carbocycles. The minimum Gasteiger partial charge on any atom is -0.465 e. The van der Waals surface area contributed by atoms with Gasteiger partial charge < -0.3 is 10.1 Å². The number of ether oxygens (including phenoxy) is 1. The van der Waals surface area contributed by atoms with E-state index in [0.717, 1.165) is 36.1 Å². The maximum Gasteiger partial charge on any atom is 0.341 e. The summed E-state index contributed by atoms with van der Waals surface area (Å²) in [6.07, 6.45) is 6.60. The quantitative estimate of drug-likeness (QED) is 0.236. The molecule has 0 radical (unpaired) electrons. The van der Waals surface area contributed by atoms with Gasteiger partial charge in [-0.1, -0.05) is 0 Å². The van der Waals surface area contributed by atoms with Gasteiger partial charge in [-0.3, -0.25) is 20.2 Å². The maximum absolute atomic E-state index is 12.3. The molecule has 0 unspecified atom stereocenters. The Hall–Kier alpha value is -3.11. The third kappa shape index (κ3) is 5.08. The fourth-order valence-electron chi connectivity index (χ4n) is 3.14. The summed E-state index contributed by atoms with van der Waals surface area (Å²) >= 11 is 6.67. The van der Waals surface area contributed by atoms with Gasteiger partial charge in [0.1, 0.15) is 5.00 Å². The number of carbonyl (C=O) groups excluding carboxylic acids is 2. The number of hydrogen-bond donors (Lipinski definition) is 2. The Morgan fingerprint density at radius 3 is 2.60 bits per heavy atom. The topological polar surface area (TPSA) is 111 Å². The first-order valence-corrected chi connectivity index (χ1v) is 10.4. The minimum atomic E-state index is -0.491. The Morgan fingerprint density at radius 2 is 1.93 bits per heavy atom. The van der Waals surface area contributed by atoms with Crippen molar-refractivity contribution in [2.24, 2.45) is 0 Å². The number of anilines is 1. The van der Waals surface area contributed by atoms with Crippen molar-refractivity contribution in [1.29, 1.82) is 0 Å². The standard InChI is InChI=1S/C20H19N3O5S2/c1-28-19(25)17-14-4-2-3-5-15(14)30-18(17)22-20(29)21-16(24)11-8-12-6-9-13(10-7-12)23(26)27/h6-11H,2-5H2,1H3,(H2,21,22,24,29)/b11-8+. The lowest BCUT2D eigenvalue weighted by atomic mass is 9.95. The van der Waals surface area contributed by atoms with Gasteiger partial charge in [-0.2, -0.15) is 0 Å². The Bertz CT molecular complexity index is 1030. The maximum atomic E-state index is 12.3. The van der Waals surface area contributed by atoms with Gasteiger partial charge in [0, 0.05) is 23.1 Å². The van der Waals surface area contributed by atoms with Gasteiger partial charge in [0.15, 0.2) is 5.11 Å². The summed E-state index contributed by atoms with van der Waals surface area (Å²) in [7, 11) is 1.34. The Morgan fingerprint density at radius 1 is 1.23 bits per heavy atom. The smallest absolute Gasteiger partial charge is 0.341 e. The molecule has 30 heavy (non-hydrogen) atoms. The number of hydrogen-bond acceptors (Lipinski definition) is 7. The minimum absolute atomic E-state index is 0.0259. The second kappa shape index (κ2) is 9.59. The molecule has 1 aliphatic carbocycles. The van der Waals surface area contributed by atoms with Crippen LogP contribution in [0.15, 0.2) is 30.3 Å². The average Bonchev–Trinajstić information content (AvgIpc) is 3.09. The number of nitro benzene ring substituents is 1. The molecule has 2 N–H and O–H groups in total. The molecule has 0 bridgehead atoms. The zero-order chi connectivity index (χ0) is 21.7. The highest BCUT2D eigenvalue weighted by atomic mass is 32.1. The number of nitrogens with zero attached hydrogens (tertiary/aromatic N) is 1.